The SMILES string of the molecule is O=C([O-])CC(=O)Nc1ccccc1Oc1ncc(C(F)(F)F)cc1Cl. The van der Waals surface area contributed by atoms with E-state index in [9.17, 15) is 27.9 Å². The first-order chi connectivity index (χ1) is 11.7. The van der Waals surface area contributed by atoms with E-state index in [1.807, 2.05) is 0 Å². The minimum absolute atomic E-state index is 0.0170. The number of aliphatic carboxylic acids is 1. The van der Waals surface area contributed by atoms with Gasteiger partial charge in [0.2, 0.25) is 11.8 Å². The number of rotatable bonds is 5. The molecule has 0 saturated carbocycles. The van der Waals surface area contributed by atoms with Gasteiger partial charge in [0.05, 0.1) is 23.6 Å². The molecule has 0 radical (unpaired) electrons. The molecule has 0 aliphatic carbocycles. The van der Waals surface area contributed by atoms with Crippen LogP contribution in [0.25, 0.3) is 0 Å². The van der Waals surface area contributed by atoms with Gasteiger partial charge in [-0.3, -0.25) is 4.79 Å². The van der Waals surface area contributed by atoms with E-state index < -0.39 is 30.0 Å². The molecule has 0 aliphatic rings. The number of carbonyl (C=O) groups excluding carboxylic acids is 2. The van der Waals surface area contributed by atoms with E-state index >= 15 is 0 Å². The molecule has 1 aromatic carbocycles. The molecule has 1 N–H and O–H groups in total. The maximum Gasteiger partial charge on any atom is 0.417 e. The Labute approximate surface area is 144 Å². The van der Waals surface area contributed by atoms with Crippen molar-refractivity contribution in [2.24, 2.45) is 0 Å². The number of halogens is 4. The summed E-state index contributed by atoms with van der Waals surface area (Å²) in [6, 6.07) is 6.51. The average molecular weight is 374 g/mol. The van der Waals surface area contributed by atoms with Crippen molar-refractivity contribution in [3.63, 3.8) is 0 Å². The molecule has 25 heavy (non-hydrogen) atoms. The number of pyridine rings is 1. The van der Waals surface area contributed by atoms with E-state index in [0.29, 0.717) is 12.3 Å². The van der Waals surface area contributed by atoms with Gasteiger partial charge in [-0.15, -0.1) is 0 Å². The molecule has 0 atom stereocenters. The van der Waals surface area contributed by atoms with Crippen molar-refractivity contribution in [2.45, 2.75) is 12.6 Å². The van der Waals surface area contributed by atoms with Crippen LogP contribution in [0.4, 0.5) is 18.9 Å². The summed E-state index contributed by atoms with van der Waals surface area (Å²) < 4.78 is 43.1. The van der Waals surface area contributed by atoms with Crippen LogP contribution in [0.2, 0.25) is 5.02 Å². The molecular formula is C15H9ClF3N2O4-. The van der Waals surface area contributed by atoms with Gasteiger partial charge in [-0.2, -0.15) is 13.2 Å². The lowest BCUT2D eigenvalue weighted by Crippen LogP contribution is -2.28. The highest BCUT2D eigenvalue weighted by Crippen LogP contribution is 2.36. The second-order valence-corrected chi connectivity index (χ2v) is 5.11. The van der Waals surface area contributed by atoms with Crippen molar-refractivity contribution < 1.29 is 32.6 Å². The minimum Gasteiger partial charge on any atom is -0.550 e. The maximum atomic E-state index is 12.6. The molecule has 1 heterocycles. The zero-order valence-corrected chi connectivity index (χ0v) is 13.0. The van der Waals surface area contributed by atoms with Crippen LogP contribution in [0.3, 0.4) is 0 Å². The Morgan fingerprint density at radius 2 is 1.96 bits per heavy atom. The minimum atomic E-state index is -4.61. The van der Waals surface area contributed by atoms with Gasteiger partial charge in [-0.1, -0.05) is 23.7 Å². The molecule has 0 aliphatic heterocycles. The van der Waals surface area contributed by atoms with Crippen LogP contribution in [0.1, 0.15) is 12.0 Å². The lowest BCUT2D eigenvalue weighted by Gasteiger charge is -2.13. The van der Waals surface area contributed by atoms with Crippen LogP contribution in [-0.2, 0) is 15.8 Å². The smallest absolute Gasteiger partial charge is 0.417 e. The second-order valence-electron chi connectivity index (χ2n) is 4.70. The van der Waals surface area contributed by atoms with Gasteiger partial charge < -0.3 is 20.0 Å². The van der Waals surface area contributed by atoms with Gasteiger partial charge in [0.25, 0.3) is 0 Å². The van der Waals surface area contributed by atoms with Crippen LogP contribution in [0.5, 0.6) is 11.6 Å². The number of aromatic nitrogens is 1. The Bertz CT molecular complexity index is 812. The third kappa shape index (κ3) is 5.08. The van der Waals surface area contributed by atoms with Gasteiger partial charge >= 0.3 is 6.18 Å². The number of hydrogen-bond donors (Lipinski definition) is 1. The number of carbonyl (C=O) groups is 2. The predicted octanol–water partition coefficient (Wildman–Crippen LogP) is 2.62. The quantitative estimate of drug-likeness (QED) is 0.813. The number of carboxylic acid groups (broad SMARTS) is 1. The lowest BCUT2D eigenvalue weighted by molar-refractivity contribution is -0.304. The summed E-state index contributed by atoms with van der Waals surface area (Å²) >= 11 is 5.75. The molecule has 0 fully saturated rings. The zero-order valence-electron chi connectivity index (χ0n) is 12.3. The number of para-hydroxylation sites is 2. The lowest BCUT2D eigenvalue weighted by atomic mass is 10.2. The van der Waals surface area contributed by atoms with E-state index in [4.69, 9.17) is 16.3 Å². The summed E-state index contributed by atoms with van der Waals surface area (Å²) in [5.74, 6) is -2.72. The van der Waals surface area contributed by atoms with Gasteiger partial charge in [0, 0.05) is 6.20 Å². The fraction of sp³-hybridized carbons (Fsp3) is 0.133. The normalized spacial score (nSPS) is 11.0. The standard InChI is InChI=1S/C15H10ClF3N2O4/c16-9-5-8(15(17,18)19)7-20-14(9)25-11-4-2-1-3-10(11)21-12(22)6-13(23)24/h1-5,7H,6H2,(H,21,22)(H,23,24)/p-1. The molecule has 6 nitrogen and oxygen atoms in total. The summed E-state index contributed by atoms with van der Waals surface area (Å²) in [7, 11) is 0. The highest BCUT2D eigenvalue weighted by Gasteiger charge is 2.31. The molecule has 0 unspecified atom stereocenters. The fourth-order valence-electron chi connectivity index (χ4n) is 1.74. The first-order valence-corrected chi connectivity index (χ1v) is 7.04. The fourth-order valence-corrected chi connectivity index (χ4v) is 1.95. The molecular weight excluding hydrogens is 365 g/mol. The number of ether oxygens (including phenoxy) is 1. The van der Waals surface area contributed by atoms with Crippen LogP contribution < -0.4 is 15.2 Å². The summed E-state index contributed by atoms with van der Waals surface area (Å²) in [5.41, 5.74) is -0.952. The maximum absolute atomic E-state index is 12.6. The van der Waals surface area contributed by atoms with E-state index in [-0.39, 0.29) is 22.3 Å². The van der Waals surface area contributed by atoms with Crippen molar-refractivity contribution in [3.8, 4) is 11.6 Å². The Kier molecular flexibility index (Phi) is 5.48. The number of benzene rings is 1. The van der Waals surface area contributed by atoms with Crippen molar-refractivity contribution in [2.75, 3.05) is 5.32 Å². The molecule has 0 spiro atoms. The summed E-state index contributed by atoms with van der Waals surface area (Å²) in [4.78, 5) is 25.4. The molecule has 1 aromatic heterocycles. The van der Waals surface area contributed by atoms with Gasteiger partial charge in [-0.05, 0) is 18.2 Å². The first kappa shape index (κ1) is 18.5. The summed E-state index contributed by atoms with van der Waals surface area (Å²) in [6.45, 7) is 0. The summed E-state index contributed by atoms with van der Waals surface area (Å²) in [6.07, 6.45) is -4.92. The van der Waals surface area contributed by atoms with E-state index in [0.717, 1.165) is 0 Å². The largest absolute Gasteiger partial charge is 0.550 e. The van der Waals surface area contributed by atoms with Crippen LogP contribution in [0, 0.1) is 0 Å². The Balaban J connectivity index is 2.23. The Morgan fingerprint density at radius 1 is 1.28 bits per heavy atom. The van der Waals surface area contributed by atoms with Gasteiger partial charge in [0.1, 0.15) is 5.02 Å². The van der Waals surface area contributed by atoms with Crippen molar-refractivity contribution in [1.82, 2.24) is 4.98 Å². The van der Waals surface area contributed by atoms with Crippen molar-refractivity contribution in [3.05, 3.63) is 47.1 Å². The van der Waals surface area contributed by atoms with E-state index in [2.05, 4.69) is 10.3 Å². The molecule has 1 amide bonds. The number of nitrogens with zero attached hydrogens (tertiary/aromatic N) is 1. The monoisotopic (exact) mass is 373 g/mol. The van der Waals surface area contributed by atoms with Crippen LogP contribution >= 0.6 is 11.6 Å². The molecule has 2 aromatic rings. The van der Waals surface area contributed by atoms with Crippen LogP contribution in [0.15, 0.2) is 36.5 Å². The third-order valence-corrected chi connectivity index (χ3v) is 3.08. The number of alkyl halides is 3. The number of carboxylic acids is 1. The number of anilines is 1. The Hall–Kier alpha value is -2.81. The van der Waals surface area contributed by atoms with Crippen LogP contribution in [-0.4, -0.2) is 16.9 Å². The van der Waals surface area contributed by atoms with Gasteiger partial charge in [-0.25, -0.2) is 4.98 Å². The summed E-state index contributed by atoms with van der Waals surface area (Å²) in [5, 5.41) is 12.3. The van der Waals surface area contributed by atoms with E-state index in [1.54, 1.807) is 0 Å². The topological polar surface area (TPSA) is 91.3 Å². The highest BCUT2D eigenvalue weighted by molar-refractivity contribution is 6.31. The van der Waals surface area contributed by atoms with Crippen molar-refractivity contribution >= 4 is 29.2 Å². The molecule has 0 saturated heterocycles. The molecule has 10 heteroatoms. The Morgan fingerprint density at radius 3 is 2.56 bits per heavy atom. The molecule has 132 valence electrons. The predicted molar refractivity (Wildman–Crippen MR) is 79.0 cm³/mol. The van der Waals surface area contributed by atoms with Gasteiger partial charge in [0.15, 0.2) is 5.75 Å². The number of hydrogen-bond acceptors (Lipinski definition) is 5. The van der Waals surface area contributed by atoms with E-state index in [1.165, 1.54) is 24.3 Å². The number of nitrogens with one attached hydrogen (secondary N) is 1. The zero-order chi connectivity index (χ0) is 18.6. The number of amides is 1. The average Bonchev–Trinajstić information content (AvgIpc) is 2.49. The third-order valence-electron chi connectivity index (χ3n) is 2.81. The molecule has 2 rings (SSSR count). The second kappa shape index (κ2) is 7.39. The molecule has 0 bridgehead atoms. The first-order valence-electron chi connectivity index (χ1n) is 6.66. The van der Waals surface area contributed by atoms with Crippen molar-refractivity contribution in [1.29, 1.82) is 0 Å². The highest BCUT2D eigenvalue weighted by atomic mass is 35.5.